The van der Waals surface area contributed by atoms with Gasteiger partial charge in [-0.1, -0.05) is 18.2 Å². The number of para-hydroxylation sites is 1. The molecule has 0 fully saturated rings. The predicted molar refractivity (Wildman–Crippen MR) is 62.6 cm³/mol. The molecule has 14 heavy (non-hydrogen) atoms. The first-order chi connectivity index (χ1) is 6.88. The van der Waals surface area contributed by atoms with Gasteiger partial charge in [0, 0.05) is 17.5 Å². The van der Waals surface area contributed by atoms with Crippen LogP contribution in [0.1, 0.15) is 24.1 Å². The summed E-state index contributed by atoms with van der Waals surface area (Å²) in [4.78, 5) is 0. The lowest BCUT2D eigenvalue weighted by atomic mass is 9.96. The number of rotatable bonds is 0. The van der Waals surface area contributed by atoms with Crippen molar-refractivity contribution in [3.05, 3.63) is 41.9 Å². The maximum Gasteiger partial charge on any atom is 0.0597 e. The fourth-order valence-corrected chi connectivity index (χ4v) is 2.94. The van der Waals surface area contributed by atoms with Gasteiger partial charge in [-0.2, -0.15) is 0 Å². The number of aromatic nitrogens is 1. The summed E-state index contributed by atoms with van der Waals surface area (Å²) in [6.45, 7) is 0. The van der Waals surface area contributed by atoms with E-state index in [1.54, 1.807) is 0 Å². The van der Waals surface area contributed by atoms with Crippen molar-refractivity contribution in [1.29, 1.82) is 0 Å². The van der Waals surface area contributed by atoms with Crippen molar-refractivity contribution in [3.8, 4) is 0 Å². The van der Waals surface area contributed by atoms with Crippen molar-refractivity contribution in [2.45, 2.75) is 19.3 Å². The van der Waals surface area contributed by atoms with Crippen molar-refractivity contribution in [2.24, 2.45) is 0 Å². The van der Waals surface area contributed by atoms with Crippen LogP contribution in [-0.2, 0) is 6.42 Å². The molecule has 0 N–H and O–H groups in total. The van der Waals surface area contributed by atoms with Gasteiger partial charge < -0.3 is 0 Å². The molecule has 0 bridgehead atoms. The van der Waals surface area contributed by atoms with Crippen molar-refractivity contribution in [3.63, 3.8) is 0 Å². The molecule has 1 heterocycles. The van der Waals surface area contributed by atoms with E-state index in [1.165, 1.54) is 41.4 Å². The van der Waals surface area contributed by atoms with Crippen LogP contribution in [0, 0.1) is 6.42 Å². The summed E-state index contributed by atoms with van der Waals surface area (Å²) < 4.78 is 2.14. The summed E-state index contributed by atoms with van der Waals surface area (Å²) in [6, 6.07) is 8.58. The van der Waals surface area contributed by atoms with Crippen molar-refractivity contribution in [2.75, 3.05) is 0 Å². The molecule has 0 saturated heterocycles. The minimum atomic E-state index is 1.20. The molecule has 0 aliphatic heterocycles. The van der Waals surface area contributed by atoms with Crippen molar-refractivity contribution >= 4 is 27.1 Å². The van der Waals surface area contributed by atoms with Crippen LogP contribution >= 0.6 is 16.1 Å². The van der Waals surface area contributed by atoms with Gasteiger partial charge in [0.1, 0.15) is 0 Å². The van der Waals surface area contributed by atoms with Crippen LogP contribution in [0.25, 0.3) is 10.9 Å². The largest absolute Gasteiger partial charge is 0.280 e. The lowest BCUT2D eigenvalue weighted by molar-refractivity contribution is 0.771. The molecule has 1 nitrogen and oxygen atoms in total. The van der Waals surface area contributed by atoms with Crippen molar-refractivity contribution in [1.82, 2.24) is 3.59 Å². The molecule has 0 spiro atoms. The summed E-state index contributed by atoms with van der Waals surface area (Å²) >= 11 is 3.62. The first kappa shape index (κ1) is 8.54. The Bertz CT molecular complexity index is 484. The van der Waals surface area contributed by atoms with E-state index in [0.29, 0.717) is 0 Å². The number of hydrogen-bond donors (Lipinski definition) is 0. The molecule has 2 heteroatoms. The maximum atomic E-state index is 3.62. The minimum absolute atomic E-state index is 1.20. The van der Waals surface area contributed by atoms with E-state index in [4.69, 9.17) is 0 Å². The van der Waals surface area contributed by atoms with Crippen LogP contribution in [0.4, 0.5) is 0 Å². The highest BCUT2D eigenvalue weighted by atomic mass is 79.9. The summed E-state index contributed by atoms with van der Waals surface area (Å²) in [5.74, 6) is 0. The van der Waals surface area contributed by atoms with E-state index < -0.39 is 0 Å². The monoisotopic (exact) mass is 248 g/mol. The van der Waals surface area contributed by atoms with Gasteiger partial charge in [0.15, 0.2) is 0 Å². The SMILES string of the molecule is Brn1c2c(c3ccccc31)CCC[CH]2. The highest BCUT2D eigenvalue weighted by Gasteiger charge is 2.18. The second-order valence-electron chi connectivity index (χ2n) is 3.76. The van der Waals surface area contributed by atoms with Crippen LogP contribution < -0.4 is 0 Å². The maximum absolute atomic E-state index is 3.62. The molecule has 1 aromatic heterocycles. The zero-order chi connectivity index (χ0) is 9.54. The molecular weight excluding hydrogens is 238 g/mol. The average Bonchev–Trinajstić information content (AvgIpc) is 2.55. The smallest absolute Gasteiger partial charge is 0.0597 e. The van der Waals surface area contributed by atoms with Crippen molar-refractivity contribution < 1.29 is 0 Å². The van der Waals surface area contributed by atoms with E-state index in [1.807, 2.05) is 0 Å². The lowest BCUT2D eigenvalue weighted by Crippen LogP contribution is -2.00. The number of fused-ring (bicyclic) bond motifs is 3. The fraction of sp³-hybridized carbons (Fsp3) is 0.250. The molecule has 3 rings (SSSR count). The van der Waals surface area contributed by atoms with E-state index in [-0.39, 0.29) is 0 Å². The fourth-order valence-electron chi connectivity index (χ4n) is 2.27. The molecule has 2 aromatic rings. The second kappa shape index (κ2) is 3.13. The normalized spacial score (nSPS) is 15.8. The number of hydrogen-bond acceptors (Lipinski definition) is 0. The highest BCUT2D eigenvalue weighted by Crippen LogP contribution is 2.33. The summed E-state index contributed by atoms with van der Waals surface area (Å²) in [5, 5.41) is 1.40. The Kier molecular flexibility index (Phi) is 1.91. The standard InChI is InChI=1S/C12H11BrN/c13-14-11-7-3-1-5-9(11)10-6-2-4-8-12(10)14/h1,3,5,7-8H,2,4,6H2. The summed E-state index contributed by atoms with van der Waals surface area (Å²) in [7, 11) is 0. The molecule has 0 amide bonds. The van der Waals surface area contributed by atoms with Crippen LogP contribution in [0.5, 0.6) is 0 Å². The predicted octanol–water partition coefficient (Wildman–Crippen LogP) is 3.69. The van der Waals surface area contributed by atoms with E-state index in [0.717, 1.165) is 0 Å². The number of benzene rings is 1. The summed E-state index contributed by atoms with van der Waals surface area (Å²) in [6.07, 6.45) is 6.03. The first-order valence-electron chi connectivity index (χ1n) is 4.99. The Morgan fingerprint density at radius 1 is 1.21 bits per heavy atom. The first-order valence-corrected chi connectivity index (χ1v) is 5.70. The van der Waals surface area contributed by atoms with Gasteiger partial charge in [0.25, 0.3) is 0 Å². The number of halogens is 1. The second-order valence-corrected chi connectivity index (χ2v) is 4.47. The summed E-state index contributed by atoms with van der Waals surface area (Å²) in [5.41, 5.74) is 4.15. The van der Waals surface area contributed by atoms with Crippen LogP contribution in [0.2, 0.25) is 0 Å². The Morgan fingerprint density at radius 3 is 3.00 bits per heavy atom. The third-order valence-electron chi connectivity index (χ3n) is 2.93. The van der Waals surface area contributed by atoms with Gasteiger partial charge in [-0.15, -0.1) is 0 Å². The molecule has 0 atom stereocenters. The lowest BCUT2D eigenvalue weighted by Gasteiger charge is -2.11. The molecule has 71 valence electrons. The van der Waals surface area contributed by atoms with Gasteiger partial charge in [0.2, 0.25) is 0 Å². The number of aryl methyl sites for hydroxylation is 1. The Balaban J connectivity index is 2.41. The van der Waals surface area contributed by atoms with Gasteiger partial charge in [-0.3, -0.25) is 3.59 Å². The van der Waals surface area contributed by atoms with Gasteiger partial charge in [-0.05, 0) is 30.9 Å². The van der Waals surface area contributed by atoms with Gasteiger partial charge in [-0.25, -0.2) is 0 Å². The van der Waals surface area contributed by atoms with E-state index >= 15 is 0 Å². The third-order valence-corrected chi connectivity index (χ3v) is 3.69. The molecule has 1 aromatic carbocycles. The number of nitrogens with zero attached hydrogens (tertiary/aromatic N) is 1. The van der Waals surface area contributed by atoms with E-state index in [2.05, 4.69) is 50.4 Å². The van der Waals surface area contributed by atoms with Gasteiger partial charge in [0.05, 0.1) is 21.7 Å². The topological polar surface area (TPSA) is 4.93 Å². The van der Waals surface area contributed by atoms with E-state index in [9.17, 15) is 0 Å². The molecule has 0 unspecified atom stereocenters. The molecule has 1 aliphatic rings. The highest BCUT2D eigenvalue weighted by molar-refractivity contribution is 9.08. The minimum Gasteiger partial charge on any atom is -0.280 e. The average molecular weight is 249 g/mol. The zero-order valence-electron chi connectivity index (χ0n) is 7.83. The Labute approximate surface area is 92.1 Å². The van der Waals surface area contributed by atoms with Gasteiger partial charge >= 0.3 is 0 Å². The zero-order valence-corrected chi connectivity index (χ0v) is 9.42. The van der Waals surface area contributed by atoms with Crippen LogP contribution in [0.3, 0.4) is 0 Å². The molecular formula is C12H11BrN. The van der Waals surface area contributed by atoms with Crippen LogP contribution in [0.15, 0.2) is 24.3 Å². The van der Waals surface area contributed by atoms with Crippen LogP contribution in [-0.4, -0.2) is 3.59 Å². The third kappa shape index (κ3) is 1.07. The Hall–Kier alpha value is -0.760. The molecule has 0 saturated carbocycles. The Morgan fingerprint density at radius 2 is 2.07 bits per heavy atom. The molecule has 1 aliphatic carbocycles. The molecule has 1 radical (unpaired) electrons. The quantitative estimate of drug-likeness (QED) is 0.671.